The Kier molecular flexibility index (Phi) is 4.97. The van der Waals surface area contributed by atoms with Gasteiger partial charge < -0.3 is 5.11 Å². The van der Waals surface area contributed by atoms with E-state index in [1.54, 1.807) is 0 Å². The van der Waals surface area contributed by atoms with Gasteiger partial charge >= 0.3 is 0 Å². The maximum atomic E-state index is 10.4. The lowest BCUT2D eigenvalue weighted by atomic mass is 9.98. The molecule has 1 aromatic rings. The van der Waals surface area contributed by atoms with E-state index in [9.17, 15) is 5.11 Å². The van der Waals surface area contributed by atoms with Crippen LogP contribution in [0.3, 0.4) is 0 Å². The molecule has 16 heavy (non-hydrogen) atoms. The number of benzene rings is 1. The lowest BCUT2D eigenvalue weighted by Gasteiger charge is -2.34. The van der Waals surface area contributed by atoms with Crippen molar-refractivity contribution in [3.05, 3.63) is 35.9 Å². The Morgan fingerprint density at radius 2 is 1.75 bits per heavy atom. The van der Waals surface area contributed by atoms with Crippen molar-refractivity contribution >= 4 is 0 Å². The Hall–Kier alpha value is -0.860. The molecule has 0 fully saturated rings. The van der Waals surface area contributed by atoms with Gasteiger partial charge in [-0.15, -0.1) is 0 Å². The van der Waals surface area contributed by atoms with E-state index < -0.39 is 6.10 Å². The van der Waals surface area contributed by atoms with Crippen molar-refractivity contribution in [3.63, 3.8) is 0 Å². The van der Waals surface area contributed by atoms with Crippen LogP contribution < -0.4 is 0 Å². The second-order valence-corrected chi connectivity index (χ2v) is 4.59. The van der Waals surface area contributed by atoms with Crippen molar-refractivity contribution in [3.8, 4) is 0 Å². The molecule has 0 radical (unpaired) electrons. The Morgan fingerprint density at radius 3 is 2.19 bits per heavy atom. The molecule has 2 atom stereocenters. The molecule has 2 heteroatoms. The van der Waals surface area contributed by atoms with Crippen LogP contribution in [0.1, 0.15) is 38.9 Å². The molecule has 0 heterocycles. The zero-order valence-electron chi connectivity index (χ0n) is 10.7. The van der Waals surface area contributed by atoms with Crippen LogP contribution in [-0.2, 0) is 0 Å². The largest absolute Gasteiger partial charge is 0.387 e. The van der Waals surface area contributed by atoms with Gasteiger partial charge in [-0.25, -0.2) is 0 Å². The summed E-state index contributed by atoms with van der Waals surface area (Å²) in [6, 6.07) is 10.5. The van der Waals surface area contributed by atoms with Crippen LogP contribution in [0.25, 0.3) is 0 Å². The molecule has 0 aliphatic heterocycles. The Bertz CT molecular complexity index is 297. The van der Waals surface area contributed by atoms with E-state index in [1.165, 1.54) is 0 Å². The van der Waals surface area contributed by atoms with Gasteiger partial charge in [-0.05, 0) is 32.9 Å². The Labute approximate surface area is 98.9 Å². The summed E-state index contributed by atoms with van der Waals surface area (Å²) >= 11 is 0. The topological polar surface area (TPSA) is 23.5 Å². The van der Waals surface area contributed by atoms with Crippen LogP contribution in [0.15, 0.2) is 30.3 Å². The van der Waals surface area contributed by atoms with Gasteiger partial charge in [0, 0.05) is 12.1 Å². The van der Waals surface area contributed by atoms with Crippen LogP contribution in [-0.4, -0.2) is 29.1 Å². The highest BCUT2D eigenvalue weighted by Crippen LogP contribution is 2.23. The molecule has 2 nitrogen and oxygen atoms in total. The van der Waals surface area contributed by atoms with Gasteiger partial charge in [0.05, 0.1) is 6.10 Å². The summed E-state index contributed by atoms with van der Waals surface area (Å²) in [4.78, 5) is 2.23. The molecule has 1 N–H and O–H groups in total. The Balaban J connectivity index is 2.81. The fourth-order valence-electron chi connectivity index (χ4n) is 1.99. The van der Waals surface area contributed by atoms with Gasteiger partial charge in [-0.2, -0.15) is 0 Å². The lowest BCUT2D eigenvalue weighted by molar-refractivity contribution is 0.0448. The fraction of sp³-hybridized carbons (Fsp3) is 0.571. The average Bonchev–Trinajstić information content (AvgIpc) is 2.30. The molecule has 0 amide bonds. The second-order valence-electron chi connectivity index (χ2n) is 4.59. The van der Waals surface area contributed by atoms with Crippen LogP contribution in [0.4, 0.5) is 0 Å². The molecule has 0 aliphatic carbocycles. The third kappa shape index (κ3) is 3.06. The fourth-order valence-corrected chi connectivity index (χ4v) is 1.99. The number of rotatable bonds is 5. The average molecular weight is 221 g/mol. The molecule has 1 rings (SSSR count). The molecule has 0 aliphatic rings. The highest BCUT2D eigenvalue weighted by Gasteiger charge is 2.24. The molecule has 90 valence electrons. The van der Waals surface area contributed by atoms with Gasteiger partial charge in [-0.3, -0.25) is 4.90 Å². The summed E-state index contributed by atoms with van der Waals surface area (Å²) in [5.41, 5.74) is 1.00. The number of aliphatic hydroxyl groups is 1. The molecule has 0 aromatic heterocycles. The molecular formula is C14H23NO. The van der Waals surface area contributed by atoms with Crippen LogP contribution in [0.2, 0.25) is 0 Å². The number of hydrogen-bond donors (Lipinski definition) is 1. The smallest absolute Gasteiger partial charge is 0.0945 e. The first-order valence-corrected chi connectivity index (χ1v) is 6.02. The molecular weight excluding hydrogens is 198 g/mol. The van der Waals surface area contributed by atoms with Gasteiger partial charge in [0.25, 0.3) is 0 Å². The molecule has 1 aromatic carbocycles. The van der Waals surface area contributed by atoms with Crippen LogP contribution in [0.5, 0.6) is 0 Å². The quantitative estimate of drug-likeness (QED) is 0.826. The van der Waals surface area contributed by atoms with Crippen LogP contribution >= 0.6 is 0 Å². The third-order valence-corrected chi connectivity index (χ3v) is 3.26. The maximum Gasteiger partial charge on any atom is 0.0945 e. The number of nitrogens with zero attached hydrogens (tertiary/aromatic N) is 1. The minimum absolute atomic E-state index is 0.183. The third-order valence-electron chi connectivity index (χ3n) is 3.26. The highest BCUT2D eigenvalue weighted by molar-refractivity contribution is 5.18. The minimum atomic E-state index is -0.404. The minimum Gasteiger partial charge on any atom is -0.387 e. The monoisotopic (exact) mass is 221 g/mol. The Morgan fingerprint density at radius 1 is 1.19 bits per heavy atom. The summed E-state index contributed by atoms with van der Waals surface area (Å²) in [7, 11) is 2.07. The van der Waals surface area contributed by atoms with Gasteiger partial charge in [0.15, 0.2) is 0 Å². The second kappa shape index (κ2) is 6.02. The van der Waals surface area contributed by atoms with E-state index in [0.29, 0.717) is 6.04 Å². The summed E-state index contributed by atoms with van der Waals surface area (Å²) in [6.45, 7) is 6.43. The van der Waals surface area contributed by atoms with E-state index in [4.69, 9.17) is 0 Å². The van der Waals surface area contributed by atoms with E-state index in [-0.39, 0.29) is 6.04 Å². The van der Waals surface area contributed by atoms with E-state index in [1.807, 2.05) is 30.3 Å². The normalized spacial score (nSPS) is 15.4. The first-order valence-electron chi connectivity index (χ1n) is 6.02. The van der Waals surface area contributed by atoms with Crippen molar-refractivity contribution in [2.24, 2.45) is 0 Å². The first kappa shape index (κ1) is 13.2. The van der Waals surface area contributed by atoms with Gasteiger partial charge in [0.1, 0.15) is 0 Å². The highest BCUT2D eigenvalue weighted by atomic mass is 16.3. The van der Waals surface area contributed by atoms with E-state index in [2.05, 4.69) is 32.7 Å². The molecule has 2 unspecified atom stereocenters. The molecule has 0 bridgehead atoms. The standard InChI is InChI=1S/C14H23NO/c1-5-13(15(4)11(2)3)14(16)12-9-7-6-8-10-12/h6-11,13-14,16H,5H2,1-4H3. The van der Waals surface area contributed by atoms with E-state index >= 15 is 0 Å². The van der Waals surface area contributed by atoms with Crippen LogP contribution in [0, 0.1) is 0 Å². The first-order chi connectivity index (χ1) is 7.57. The zero-order chi connectivity index (χ0) is 12.1. The zero-order valence-corrected chi connectivity index (χ0v) is 10.7. The number of likely N-dealkylation sites (N-methyl/N-ethyl adjacent to an activating group) is 1. The van der Waals surface area contributed by atoms with Crippen molar-refractivity contribution < 1.29 is 5.11 Å². The maximum absolute atomic E-state index is 10.4. The van der Waals surface area contributed by atoms with Gasteiger partial charge in [0.2, 0.25) is 0 Å². The number of hydrogen-bond acceptors (Lipinski definition) is 2. The number of aliphatic hydroxyl groups excluding tert-OH is 1. The molecule has 0 saturated heterocycles. The predicted octanol–water partition coefficient (Wildman–Crippen LogP) is 2.84. The van der Waals surface area contributed by atoms with Crippen molar-refractivity contribution in [1.82, 2.24) is 4.90 Å². The van der Waals surface area contributed by atoms with Gasteiger partial charge in [-0.1, -0.05) is 37.3 Å². The summed E-state index contributed by atoms with van der Waals surface area (Å²) in [6.07, 6.45) is 0.545. The van der Waals surface area contributed by atoms with E-state index in [0.717, 1.165) is 12.0 Å². The van der Waals surface area contributed by atoms with Crippen molar-refractivity contribution in [1.29, 1.82) is 0 Å². The van der Waals surface area contributed by atoms with Crippen molar-refractivity contribution in [2.75, 3.05) is 7.05 Å². The SMILES string of the molecule is CCC(C(O)c1ccccc1)N(C)C(C)C. The summed E-state index contributed by atoms with van der Waals surface area (Å²) in [5, 5.41) is 10.4. The molecule has 0 saturated carbocycles. The lowest BCUT2D eigenvalue weighted by Crippen LogP contribution is -2.40. The van der Waals surface area contributed by atoms with Crippen molar-refractivity contribution in [2.45, 2.75) is 45.4 Å². The predicted molar refractivity (Wildman–Crippen MR) is 68.4 cm³/mol. The summed E-state index contributed by atoms with van der Waals surface area (Å²) < 4.78 is 0. The summed E-state index contributed by atoms with van der Waals surface area (Å²) in [5.74, 6) is 0. The molecule has 0 spiro atoms.